The van der Waals surface area contributed by atoms with Gasteiger partial charge < -0.3 is 4.74 Å². The van der Waals surface area contributed by atoms with Gasteiger partial charge in [0, 0.05) is 0 Å². The van der Waals surface area contributed by atoms with Crippen molar-refractivity contribution < 1.29 is 9.53 Å². The summed E-state index contributed by atoms with van der Waals surface area (Å²) in [5.74, 6) is 1.49. The van der Waals surface area contributed by atoms with Crippen molar-refractivity contribution in [2.45, 2.75) is 46.1 Å². The Bertz CT molecular complexity index is 689. The highest BCUT2D eigenvalue weighted by molar-refractivity contribution is 5.95. The van der Waals surface area contributed by atoms with Gasteiger partial charge in [0.15, 0.2) is 0 Å². The molecule has 0 aromatic heterocycles. The van der Waals surface area contributed by atoms with Crippen molar-refractivity contribution >= 4 is 16.7 Å². The molecule has 2 heteroatoms. The maximum atomic E-state index is 12.6. The van der Waals surface area contributed by atoms with E-state index in [9.17, 15) is 4.79 Å². The van der Waals surface area contributed by atoms with E-state index in [4.69, 9.17) is 4.74 Å². The first kappa shape index (κ1) is 16.0. The van der Waals surface area contributed by atoms with Crippen LogP contribution >= 0.6 is 0 Å². The van der Waals surface area contributed by atoms with E-state index in [1.165, 1.54) is 6.42 Å². The highest BCUT2D eigenvalue weighted by Crippen LogP contribution is 2.35. The molecule has 2 nitrogen and oxygen atoms in total. The van der Waals surface area contributed by atoms with Gasteiger partial charge in [0.2, 0.25) is 0 Å². The van der Waals surface area contributed by atoms with Crippen LogP contribution in [0.25, 0.3) is 10.8 Å². The molecule has 122 valence electrons. The summed E-state index contributed by atoms with van der Waals surface area (Å²) in [5, 5.41) is 2.23. The fraction of sp³-hybridized carbons (Fsp3) is 0.476. The van der Waals surface area contributed by atoms with Gasteiger partial charge in [0.25, 0.3) is 0 Å². The van der Waals surface area contributed by atoms with E-state index < -0.39 is 0 Å². The number of carbonyl (C=O) groups is 1. The second-order valence-electron chi connectivity index (χ2n) is 7.33. The lowest BCUT2D eigenvalue weighted by Crippen LogP contribution is -2.35. The first-order valence-corrected chi connectivity index (χ1v) is 8.74. The predicted octanol–water partition coefficient (Wildman–Crippen LogP) is 5.46. The number of esters is 1. The van der Waals surface area contributed by atoms with Gasteiger partial charge in [0.1, 0.15) is 6.10 Å². The van der Waals surface area contributed by atoms with Crippen molar-refractivity contribution in [1.82, 2.24) is 0 Å². The Morgan fingerprint density at radius 3 is 2.57 bits per heavy atom. The summed E-state index contributed by atoms with van der Waals surface area (Å²) in [6, 6.07) is 13.9. The Kier molecular flexibility index (Phi) is 4.70. The summed E-state index contributed by atoms with van der Waals surface area (Å²) in [4.78, 5) is 12.6. The molecule has 0 unspecified atom stereocenters. The zero-order valence-corrected chi connectivity index (χ0v) is 14.3. The molecule has 23 heavy (non-hydrogen) atoms. The first-order valence-electron chi connectivity index (χ1n) is 8.74. The van der Waals surface area contributed by atoms with Crippen molar-refractivity contribution in [2.75, 3.05) is 0 Å². The fourth-order valence-electron chi connectivity index (χ4n) is 3.77. The number of ether oxygens (including phenoxy) is 1. The zero-order chi connectivity index (χ0) is 16.4. The zero-order valence-electron chi connectivity index (χ0n) is 14.3. The Balaban J connectivity index is 1.78. The molecular formula is C21H26O2. The third-order valence-corrected chi connectivity index (χ3v) is 5.20. The average Bonchev–Trinajstić information content (AvgIpc) is 2.54. The largest absolute Gasteiger partial charge is 0.458 e. The normalized spacial score (nSPS) is 24.8. The van der Waals surface area contributed by atoms with Gasteiger partial charge in [-0.2, -0.15) is 0 Å². The maximum absolute atomic E-state index is 12.6. The van der Waals surface area contributed by atoms with E-state index in [1.807, 2.05) is 36.4 Å². The van der Waals surface area contributed by atoms with Crippen LogP contribution in [-0.4, -0.2) is 12.1 Å². The summed E-state index contributed by atoms with van der Waals surface area (Å²) in [5.41, 5.74) is 0.657. The van der Waals surface area contributed by atoms with E-state index in [-0.39, 0.29) is 12.1 Å². The van der Waals surface area contributed by atoms with Crippen LogP contribution in [0.3, 0.4) is 0 Å². The Morgan fingerprint density at radius 1 is 1.09 bits per heavy atom. The van der Waals surface area contributed by atoms with Gasteiger partial charge in [-0.25, -0.2) is 4.79 Å². The number of hydrogen-bond donors (Lipinski definition) is 0. The molecule has 2 aromatic rings. The van der Waals surface area contributed by atoms with E-state index in [2.05, 4.69) is 26.8 Å². The molecule has 3 atom stereocenters. The van der Waals surface area contributed by atoms with Gasteiger partial charge in [-0.3, -0.25) is 0 Å². The first-order chi connectivity index (χ1) is 11.0. The van der Waals surface area contributed by atoms with Crippen LogP contribution in [0.1, 0.15) is 50.4 Å². The van der Waals surface area contributed by atoms with Gasteiger partial charge in [0.05, 0.1) is 5.56 Å². The van der Waals surface area contributed by atoms with Gasteiger partial charge in [-0.05, 0) is 53.5 Å². The lowest BCUT2D eigenvalue weighted by molar-refractivity contribution is -0.0173. The third kappa shape index (κ3) is 3.57. The highest BCUT2D eigenvalue weighted by Gasteiger charge is 2.33. The molecule has 3 rings (SSSR count). The monoisotopic (exact) mass is 310 g/mol. The lowest BCUT2D eigenvalue weighted by Gasteiger charge is -2.36. The van der Waals surface area contributed by atoms with Gasteiger partial charge >= 0.3 is 5.97 Å². The topological polar surface area (TPSA) is 26.3 Å². The smallest absolute Gasteiger partial charge is 0.338 e. The van der Waals surface area contributed by atoms with E-state index in [0.717, 1.165) is 23.6 Å². The number of fused-ring (bicyclic) bond motifs is 1. The Labute approximate surface area is 138 Å². The van der Waals surface area contributed by atoms with Crippen molar-refractivity contribution in [1.29, 1.82) is 0 Å². The number of rotatable bonds is 3. The summed E-state index contributed by atoms with van der Waals surface area (Å²) in [7, 11) is 0. The summed E-state index contributed by atoms with van der Waals surface area (Å²) < 4.78 is 5.93. The third-order valence-electron chi connectivity index (χ3n) is 5.20. The van der Waals surface area contributed by atoms with E-state index in [1.54, 1.807) is 0 Å². The molecular weight excluding hydrogens is 284 g/mol. The van der Waals surface area contributed by atoms with Crippen molar-refractivity contribution in [3.63, 3.8) is 0 Å². The molecule has 0 saturated heterocycles. The lowest BCUT2D eigenvalue weighted by atomic mass is 9.75. The van der Waals surface area contributed by atoms with Crippen LogP contribution in [0.2, 0.25) is 0 Å². The minimum absolute atomic E-state index is 0.0534. The fourth-order valence-corrected chi connectivity index (χ4v) is 3.77. The standard InChI is InChI=1S/C21H26O2/c1-14(2)19-11-8-15(3)12-20(19)23-21(22)18-10-9-16-6-4-5-7-17(16)13-18/h4-7,9-10,13-15,19-20H,8,11-12H2,1-3H3/t15-,19+,20+/m0/s1. The Morgan fingerprint density at radius 2 is 1.83 bits per heavy atom. The van der Waals surface area contributed by atoms with E-state index >= 15 is 0 Å². The van der Waals surface area contributed by atoms with Crippen molar-refractivity contribution in [3.05, 3.63) is 48.0 Å². The van der Waals surface area contributed by atoms with Crippen LogP contribution in [0.5, 0.6) is 0 Å². The minimum Gasteiger partial charge on any atom is -0.458 e. The Hall–Kier alpha value is -1.83. The number of hydrogen-bond acceptors (Lipinski definition) is 2. The highest BCUT2D eigenvalue weighted by atomic mass is 16.5. The molecule has 0 bridgehead atoms. The van der Waals surface area contributed by atoms with Crippen LogP contribution in [0, 0.1) is 17.8 Å². The van der Waals surface area contributed by atoms with Crippen LogP contribution in [-0.2, 0) is 4.74 Å². The van der Waals surface area contributed by atoms with Crippen LogP contribution in [0.4, 0.5) is 0 Å². The van der Waals surface area contributed by atoms with Crippen LogP contribution in [0.15, 0.2) is 42.5 Å². The maximum Gasteiger partial charge on any atom is 0.338 e. The minimum atomic E-state index is -0.180. The molecule has 0 spiro atoms. The van der Waals surface area contributed by atoms with E-state index in [0.29, 0.717) is 23.3 Å². The predicted molar refractivity (Wildman–Crippen MR) is 94.5 cm³/mol. The SMILES string of the molecule is CC(C)[C@H]1CC[C@H](C)C[C@H]1OC(=O)c1ccc2ccccc2c1. The molecule has 0 radical (unpaired) electrons. The van der Waals surface area contributed by atoms with Crippen molar-refractivity contribution in [2.24, 2.45) is 17.8 Å². The second-order valence-corrected chi connectivity index (χ2v) is 7.33. The van der Waals surface area contributed by atoms with Crippen molar-refractivity contribution in [3.8, 4) is 0 Å². The van der Waals surface area contributed by atoms with Crippen LogP contribution < -0.4 is 0 Å². The summed E-state index contributed by atoms with van der Waals surface area (Å²) in [6.07, 6.45) is 3.45. The number of carbonyl (C=O) groups excluding carboxylic acids is 1. The molecule has 0 heterocycles. The number of benzene rings is 2. The van der Waals surface area contributed by atoms with Gasteiger partial charge in [-0.15, -0.1) is 0 Å². The average molecular weight is 310 g/mol. The molecule has 0 amide bonds. The molecule has 1 fully saturated rings. The summed E-state index contributed by atoms with van der Waals surface area (Å²) in [6.45, 7) is 6.72. The molecule has 1 aliphatic rings. The molecule has 1 aliphatic carbocycles. The molecule has 0 N–H and O–H groups in total. The molecule has 2 aromatic carbocycles. The van der Waals surface area contributed by atoms with Gasteiger partial charge in [-0.1, -0.05) is 57.5 Å². The summed E-state index contributed by atoms with van der Waals surface area (Å²) >= 11 is 0. The molecule has 1 saturated carbocycles. The molecule has 0 aliphatic heterocycles. The quantitative estimate of drug-likeness (QED) is 0.704. The second kappa shape index (κ2) is 6.74.